The van der Waals surface area contributed by atoms with Crippen LogP contribution in [-0.2, 0) is 19.4 Å². The first-order chi connectivity index (χ1) is 23.1. The summed E-state index contributed by atoms with van der Waals surface area (Å²) in [6.45, 7) is 4.97. The van der Waals surface area contributed by atoms with E-state index in [0.717, 1.165) is 35.3 Å². The number of aryl methyl sites for hydroxylation is 2. The van der Waals surface area contributed by atoms with Gasteiger partial charge in [-0.15, -0.1) is 0 Å². The number of aromatic nitrogens is 2. The minimum atomic E-state index is -0.385. The Balaban J connectivity index is 1.08. The Labute approximate surface area is 279 Å². The number of carbonyl (C=O) groups excluding carboxylic acids is 1. The molecule has 0 aliphatic rings. The van der Waals surface area contributed by atoms with Crippen molar-refractivity contribution < 1.29 is 18.8 Å². The van der Waals surface area contributed by atoms with Gasteiger partial charge in [-0.2, -0.15) is 4.98 Å². The summed E-state index contributed by atoms with van der Waals surface area (Å²) in [6, 6.07) is 31.2. The van der Waals surface area contributed by atoms with Gasteiger partial charge in [-0.1, -0.05) is 100 Å². The lowest BCUT2D eigenvalue weighted by Gasteiger charge is -2.08. The molecule has 0 atom stereocenters. The molecule has 0 unspecified atom stereocenters. The Morgan fingerprint density at radius 2 is 1.13 bits per heavy atom. The van der Waals surface area contributed by atoms with E-state index in [0.29, 0.717) is 29.6 Å². The Kier molecular flexibility index (Phi) is 12.8. The van der Waals surface area contributed by atoms with Crippen molar-refractivity contribution in [3.63, 3.8) is 0 Å². The smallest absolute Gasteiger partial charge is 0.343 e. The third kappa shape index (κ3) is 10.4. The summed E-state index contributed by atoms with van der Waals surface area (Å²) in [5.74, 6) is 1.72. The maximum atomic E-state index is 12.7. The van der Waals surface area contributed by atoms with Gasteiger partial charge in [0, 0.05) is 11.1 Å². The molecule has 0 aliphatic heterocycles. The van der Waals surface area contributed by atoms with E-state index in [1.165, 1.54) is 68.9 Å². The van der Waals surface area contributed by atoms with Crippen LogP contribution >= 0.6 is 0 Å². The van der Waals surface area contributed by atoms with Gasteiger partial charge in [0.25, 0.3) is 5.89 Å². The van der Waals surface area contributed by atoms with Crippen LogP contribution < -0.4 is 9.47 Å². The largest absolute Gasteiger partial charge is 0.489 e. The van der Waals surface area contributed by atoms with E-state index in [9.17, 15) is 4.79 Å². The highest BCUT2D eigenvalue weighted by atomic mass is 16.5. The van der Waals surface area contributed by atoms with Gasteiger partial charge in [-0.25, -0.2) is 4.79 Å². The highest BCUT2D eigenvalue weighted by Gasteiger charge is 2.13. The summed E-state index contributed by atoms with van der Waals surface area (Å²) in [5, 5.41) is 4.16. The average molecular weight is 631 g/mol. The minimum Gasteiger partial charge on any atom is -0.489 e. The van der Waals surface area contributed by atoms with Gasteiger partial charge < -0.3 is 14.0 Å². The van der Waals surface area contributed by atoms with Gasteiger partial charge in [0.05, 0.1) is 5.56 Å². The molecule has 6 nitrogen and oxygen atoms in total. The van der Waals surface area contributed by atoms with E-state index in [2.05, 4.69) is 48.3 Å². The topological polar surface area (TPSA) is 74.5 Å². The zero-order valence-electron chi connectivity index (χ0n) is 27.8. The fraction of sp³-hybridized carbons (Fsp3) is 0.341. The van der Waals surface area contributed by atoms with Crippen LogP contribution in [0.15, 0.2) is 102 Å². The van der Waals surface area contributed by atoms with Crippen molar-refractivity contribution in [3.05, 3.63) is 119 Å². The van der Waals surface area contributed by atoms with Crippen LogP contribution in [-0.4, -0.2) is 16.1 Å². The lowest BCUT2D eigenvalue weighted by molar-refractivity contribution is 0.0734. The Morgan fingerprint density at radius 3 is 1.77 bits per heavy atom. The van der Waals surface area contributed by atoms with Crippen LogP contribution in [0.3, 0.4) is 0 Å². The van der Waals surface area contributed by atoms with Crippen molar-refractivity contribution in [2.75, 3.05) is 0 Å². The van der Waals surface area contributed by atoms with Crippen molar-refractivity contribution in [1.29, 1.82) is 0 Å². The molecule has 0 N–H and O–H groups in total. The first-order valence-electron chi connectivity index (χ1n) is 17.2. The highest BCUT2D eigenvalue weighted by molar-refractivity contribution is 5.91. The number of carbonyl (C=O) groups is 1. The molecule has 0 spiro atoms. The predicted molar refractivity (Wildman–Crippen MR) is 188 cm³/mol. The van der Waals surface area contributed by atoms with Crippen LogP contribution in [0.2, 0.25) is 0 Å². The second-order valence-electron chi connectivity index (χ2n) is 12.1. The first kappa shape index (κ1) is 33.6. The molecule has 4 aromatic carbocycles. The zero-order chi connectivity index (χ0) is 32.7. The molecule has 6 heteroatoms. The van der Waals surface area contributed by atoms with Crippen molar-refractivity contribution in [3.8, 4) is 34.3 Å². The number of hydrogen-bond donors (Lipinski definition) is 0. The van der Waals surface area contributed by atoms with Crippen molar-refractivity contribution in [1.82, 2.24) is 10.1 Å². The summed E-state index contributed by atoms with van der Waals surface area (Å²) in [5.41, 5.74) is 5.87. The molecule has 5 rings (SSSR count). The van der Waals surface area contributed by atoms with Gasteiger partial charge in [-0.3, -0.25) is 0 Å². The molecule has 5 aromatic rings. The van der Waals surface area contributed by atoms with E-state index < -0.39 is 0 Å². The summed E-state index contributed by atoms with van der Waals surface area (Å²) in [4.78, 5) is 17.2. The molecule has 0 saturated heterocycles. The fourth-order valence-electron chi connectivity index (χ4n) is 5.45. The Bertz CT molecular complexity index is 1640. The lowest BCUT2D eigenvalue weighted by Crippen LogP contribution is -2.08. The number of benzene rings is 4. The van der Waals surface area contributed by atoms with Crippen molar-refractivity contribution in [2.24, 2.45) is 0 Å². The van der Waals surface area contributed by atoms with E-state index in [-0.39, 0.29) is 5.97 Å². The molecular weight excluding hydrogens is 584 g/mol. The predicted octanol–water partition coefficient (Wildman–Crippen LogP) is 10.8. The molecular formula is C41H46N2O4. The van der Waals surface area contributed by atoms with Crippen molar-refractivity contribution >= 4 is 5.97 Å². The van der Waals surface area contributed by atoms with Crippen LogP contribution in [0, 0.1) is 0 Å². The molecule has 0 radical (unpaired) electrons. The first-order valence-corrected chi connectivity index (χ1v) is 17.2. The summed E-state index contributed by atoms with van der Waals surface area (Å²) >= 11 is 0. The SMILES string of the molecule is CCCCCCCc1ccc(COc2ccc(-c3noc(-c4ccc(OC(=O)c5ccc(CCCCCC)cc5)cc4)n3)cc2)cc1. The van der Waals surface area contributed by atoms with Crippen molar-refractivity contribution in [2.45, 2.75) is 91.1 Å². The second kappa shape index (κ2) is 17.8. The van der Waals surface area contributed by atoms with Crippen LogP contribution in [0.25, 0.3) is 22.8 Å². The minimum absolute atomic E-state index is 0.385. The third-order valence-electron chi connectivity index (χ3n) is 8.36. The zero-order valence-corrected chi connectivity index (χ0v) is 27.8. The van der Waals surface area contributed by atoms with E-state index >= 15 is 0 Å². The van der Waals surface area contributed by atoms with Crippen LogP contribution in [0.1, 0.15) is 98.7 Å². The molecule has 0 aliphatic carbocycles. The monoisotopic (exact) mass is 630 g/mol. The Morgan fingerprint density at radius 1 is 0.596 bits per heavy atom. The highest BCUT2D eigenvalue weighted by Crippen LogP contribution is 2.26. The van der Waals surface area contributed by atoms with Gasteiger partial charge >= 0.3 is 5.97 Å². The number of unbranched alkanes of at least 4 members (excludes halogenated alkanes) is 7. The van der Waals surface area contributed by atoms with E-state index in [1.54, 1.807) is 24.3 Å². The van der Waals surface area contributed by atoms with E-state index in [1.807, 2.05) is 48.5 Å². The van der Waals surface area contributed by atoms with Crippen LogP contribution in [0.4, 0.5) is 0 Å². The molecule has 0 bridgehead atoms. The molecule has 0 amide bonds. The van der Waals surface area contributed by atoms with Gasteiger partial charge in [0.2, 0.25) is 5.82 Å². The van der Waals surface area contributed by atoms with Gasteiger partial charge in [0.15, 0.2) is 0 Å². The average Bonchev–Trinajstić information content (AvgIpc) is 3.61. The molecule has 47 heavy (non-hydrogen) atoms. The van der Waals surface area contributed by atoms with Crippen LogP contribution in [0.5, 0.6) is 11.5 Å². The van der Waals surface area contributed by atoms with Gasteiger partial charge in [0.1, 0.15) is 18.1 Å². The summed E-state index contributed by atoms with van der Waals surface area (Å²) in [6.07, 6.45) is 13.6. The fourth-order valence-corrected chi connectivity index (χ4v) is 5.45. The summed E-state index contributed by atoms with van der Waals surface area (Å²) < 4.78 is 17.1. The normalized spacial score (nSPS) is 11.0. The Hall–Kier alpha value is -4.71. The molecule has 1 aromatic heterocycles. The third-order valence-corrected chi connectivity index (χ3v) is 8.36. The van der Waals surface area contributed by atoms with Gasteiger partial charge in [-0.05, 0) is 103 Å². The molecule has 0 saturated carbocycles. The number of rotatable bonds is 18. The number of ether oxygens (including phenoxy) is 2. The molecule has 1 heterocycles. The summed E-state index contributed by atoms with van der Waals surface area (Å²) in [7, 11) is 0. The molecule has 0 fully saturated rings. The van der Waals surface area contributed by atoms with E-state index in [4.69, 9.17) is 14.0 Å². The lowest BCUT2D eigenvalue weighted by atomic mass is 10.0. The maximum absolute atomic E-state index is 12.7. The molecule has 244 valence electrons. The maximum Gasteiger partial charge on any atom is 0.343 e. The quantitative estimate of drug-likeness (QED) is 0.0545. The number of hydrogen-bond acceptors (Lipinski definition) is 6. The second-order valence-corrected chi connectivity index (χ2v) is 12.1. The number of nitrogens with zero attached hydrogens (tertiary/aromatic N) is 2. The number of esters is 1. The standard InChI is InChI=1S/C41H46N2O4/c1-3-5-7-9-11-13-31-14-16-33(17-15-31)30-45-37-26-22-34(23-27-37)39-42-40(47-43-39)35-24-28-38(29-25-35)46-41(44)36-20-18-32(19-21-36)12-10-8-6-4-2/h14-29H,3-13,30H2,1-2H3.